The summed E-state index contributed by atoms with van der Waals surface area (Å²) in [5.41, 5.74) is 0.856. The molecule has 1 aromatic rings. The number of ether oxygens (including phenoxy) is 1. The van der Waals surface area contributed by atoms with Crippen LogP contribution in [0, 0.1) is 0 Å². The van der Waals surface area contributed by atoms with Crippen LogP contribution in [0.1, 0.15) is 19.4 Å². The van der Waals surface area contributed by atoms with Crippen molar-refractivity contribution in [1.82, 2.24) is 15.2 Å². The van der Waals surface area contributed by atoms with E-state index < -0.39 is 9.84 Å². The maximum Gasteiger partial charge on any atom is 0.317 e. The number of urea groups is 1. The number of amides is 2. The van der Waals surface area contributed by atoms with Crippen LogP contribution in [0.25, 0.3) is 0 Å². The minimum atomic E-state index is -2.98. The molecule has 1 aromatic heterocycles. The first-order valence-electron chi connectivity index (χ1n) is 7.20. The maximum atomic E-state index is 12.0. The van der Waals surface area contributed by atoms with Crippen LogP contribution in [0.15, 0.2) is 18.3 Å². The first-order chi connectivity index (χ1) is 10.4. The SMILES string of the molecule is CC(C)Oc1ccc(CNC(=O)N2CCS(=O)(=O)CC2)cn1. The maximum absolute atomic E-state index is 12.0. The van der Waals surface area contributed by atoms with Crippen molar-refractivity contribution in [3.05, 3.63) is 23.9 Å². The first-order valence-corrected chi connectivity index (χ1v) is 9.03. The molecule has 0 unspecified atom stereocenters. The number of carbonyl (C=O) groups is 1. The number of pyridine rings is 1. The number of carbonyl (C=O) groups excluding carboxylic acids is 1. The van der Waals surface area contributed by atoms with Gasteiger partial charge in [0.15, 0.2) is 9.84 Å². The van der Waals surface area contributed by atoms with Gasteiger partial charge < -0.3 is 15.0 Å². The molecule has 22 heavy (non-hydrogen) atoms. The van der Waals surface area contributed by atoms with E-state index in [0.29, 0.717) is 12.4 Å². The predicted octanol–water partition coefficient (Wildman–Crippen LogP) is 0.809. The molecular formula is C14H21N3O4S. The Balaban J connectivity index is 1.81. The Kier molecular flexibility index (Phi) is 5.23. The standard InChI is InChI=1S/C14H21N3O4S/c1-11(2)21-13-4-3-12(9-15-13)10-16-14(18)17-5-7-22(19,20)8-6-17/h3-4,9,11H,5-8,10H2,1-2H3,(H,16,18). The van der Waals surface area contributed by atoms with Gasteiger partial charge in [0.2, 0.25) is 5.88 Å². The smallest absolute Gasteiger partial charge is 0.317 e. The molecule has 2 amide bonds. The van der Waals surface area contributed by atoms with E-state index >= 15 is 0 Å². The molecule has 1 saturated heterocycles. The molecule has 0 aromatic carbocycles. The summed E-state index contributed by atoms with van der Waals surface area (Å²) in [6.07, 6.45) is 1.71. The van der Waals surface area contributed by atoms with Gasteiger partial charge in [0.1, 0.15) is 0 Å². The molecule has 1 fully saturated rings. The van der Waals surface area contributed by atoms with E-state index in [2.05, 4.69) is 10.3 Å². The zero-order valence-corrected chi connectivity index (χ0v) is 13.6. The van der Waals surface area contributed by atoms with Gasteiger partial charge in [-0.15, -0.1) is 0 Å². The van der Waals surface area contributed by atoms with Crippen molar-refractivity contribution in [2.75, 3.05) is 24.6 Å². The fourth-order valence-corrected chi connectivity index (χ4v) is 3.23. The Morgan fingerprint density at radius 1 is 1.36 bits per heavy atom. The minimum Gasteiger partial charge on any atom is -0.475 e. The van der Waals surface area contributed by atoms with Crippen molar-refractivity contribution in [2.45, 2.75) is 26.5 Å². The fraction of sp³-hybridized carbons (Fsp3) is 0.571. The number of hydrogen-bond donors (Lipinski definition) is 1. The zero-order valence-electron chi connectivity index (χ0n) is 12.8. The van der Waals surface area contributed by atoms with Gasteiger partial charge in [0.05, 0.1) is 17.6 Å². The number of nitrogens with one attached hydrogen (secondary N) is 1. The van der Waals surface area contributed by atoms with E-state index in [1.54, 1.807) is 12.3 Å². The van der Waals surface area contributed by atoms with E-state index in [1.807, 2.05) is 19.9 Å². The van der Waals surface area contributed by atoms with E-state index in [0.717, 1.165) is 5.56 Å². The van der Waals surface area contributed by atoms with Gasteiger partial charge in [0.25, 0.3) is 0 Å². The molecular weight excluding hydrogens is 306 g/mol. The summed E-state index contributed by atoms with van der Waals surface area (Å²) in [6.45, 7) is 4.68. The second-order valence-corrected chi connectivity index (χ2v) is 7.77. The molecule has 0 spiro atoms. The zero-order chi connectivity index (χ0) is 16.2. The Labute approximate surface area is 130 Å². The third-order valence-corrected chi connectivity index (χ3v) is 4.84. The summed E-state index contributed by atoms with van der Waals surface area (Å²) >= 11 is 0. The lowest BCUT2D eigenvalue weighted by atomic mass is 10.3. The number of aromatic nitrogens is 1. The van der Waals surface area contributed by atoms with Gasteiger partial charge in [-0.2, -0.15) is 0 Å². The summed E-state index contributed by atoms with van der Waals surface area (Å²) in [4.78, 5) is 17.7. The molecule has 1 aliphatic rings. The summed E-state index contributed by atoms with van der Waals surface area (Å²) < 4.78 is 28.1. The second kappa shape index (κ2) is 6.95. The van der Waals surface area contributed by atoms with E-state index in [-0.39, 0.29) is 36.7 Å². The van der Waals surface area contributed by atoms with Crippen molar-refractivity contribution in [3.63, 3.8) is 0 Å². The molecule has 0 atom stereocenters. The average molecular weight is 327 g/mol. The lowest BCUT2D eigenvalue weighted by molar-refractivity contribution is 0.201. The monoisotopic (exact) mass is 327 g/mol. The highest BCUT2D eigenvalue weighted by molar-refractivity contribution is 7.91. The van der Waals surface area contributed by atoms with Crippen molar-refractivity contribution in [2.24, 2.45) is 0 Å². The molecule has 0 saturated carbocycles. The molecule has 8 heteroatoms. The number of sulfone groups is 1. The van der Waals surface area contributed by atoms with E-state index in [1.165, 1.54) is 4.90 Å². The molecule has 0 aliphatic carbocycles. The van der Waals surface area contributed by atoms with Crippen LogP contribution in [0.4, 0.5) is 4.79 Å². The molecule has 1 N–H and O–H groups in total. The molecule has 2 rings (SSSR count). The molecule has 0 bridgehead atoms. The number of rotatable bonds is 4. The van der Waals surface area contributed by atoms with Crippen LogP contribution < -0.4 is 10.1 Å². The van der Waals surface area contributed by atoms with Crippen molar-refractivity contribution in [3.8, 4) is 5.88 Å². The summed E-state index contributed by atoms with van der Waals surface area (Å²) in [5, 5.41) is 2.77. The average Bonchev–Trinajstić information content (AvgIpc) is 2.45. The lowest BCUT2D eigenvalue weighted by Gasteiger charge is -2.26. The van der Waals surface area contributed by atoms with E-state index in [9.17, 15) is 13.2 Å². The first kappa shape index (κ1) is 16.5. The van der Waals surface area contributed by atoms with Crippen molar-refractivity contribution >= 4 is 15.9 Å². The Bertz CT molecular complexity index is 599. The quantitative estimate of drug-likeness (QED) is 0.884. The molecule has 122 valence electrons. The van der Waals surface area contributed by atoms with E-state index in [4.69, 9.17) is 4.74 Å². The van der Waals surface area contributed by atoms with Gasteiger partial charge in [-0.25, -0.2) is 18.2 Å². The summed E-state index contributed by atoms with van der Waals surface area (Å²) in [5.74, 6) is 0.609. The molecule has 2 heterocycles. The number of hydrogen-bond acceptors (Lipinski definition) is 5. The second-order valence-electron chi connectivity index (χ2n) is 5.47. The fourth-order valence-electron chi connectivity index (χ4n) is 2.03. The predicted molar refractivity (Wildman–Crippen MR) is 82.5 cm³/mol. The minimum absolute atomic E-state index is 0.0310. The highest BCUT2D eigenvalue weighted by atomic mass is 32.2. The van der Waals surface area contributed by atoms with Crippen LogP contribution in [0.5, 0.6) is 5.88 Å². The Morgan fingerprint density at radius 2 is 2.05 bits per heavy atom. The molecule has 1 aliphatic heterocycles. The lowest BCUT2D eigenvalue weighted by Crippen LogP contribution is -2.47. The van der Waals surface area contributed by atoms with Crippen LogP contribution >= 0.6 is 0 Å². The summed E-state index contributed by atoms with van der Waals surface area (Å²) in [7, 11) is -2.98. The Morgan fingerprint density at radius 3 is 2.59 bits per heavy atom. The van der Waals surface area contributed by atoms with Crippen LogP contribution in [-0.2, 0) is 16.4 Å². The Hall–Kier alpha value is -1.83. The van der Waals surface area contributed by atoms with Crippen LogP contribution in [0.3, 0.4) is 0 Å². The third kappa shape index (κ3) is 4.87. The molecule has 0 radical (unpaired) electrons. The highest BCUT2D eigenvalue weighted by Gasteiger charge is 2.24. The van der Waals surface area contributed by atoms with Crippen LogP contribution in [0.2, 0.25) is 0 Å². The molecule has 7 nitrogen and oxygen atoms in total. The van der Waals surface area contributed by atoms with Gasteiger partial charge in [-0.1, -0.05) is 6.07 Å². The van der Waals surface area contributed by atoms with Gasteiger partial charge in [-0.3, -0.25) is 0 Å². The summed E-state index contributed by atoms with van der Waals surface area (Å²) in [6, 6.07) is 3.35. The van der Waals surface area contributed by atoms with Gasteiger partial charge in [-0.05, 0) is 19.4 Å². The number of nitrogens with zero attached hydrogens (tertiary/aromatic N) is 2. The normalized spacial score (nSPS) is 17.3. The largest absolute Gasteiger partial charge is 0.475 e. The topological polar surface area (TPSA) is 88.6 Å². The van der Waals surface area contributed by atoms with Crippen molar-refractivity contribution < 1.29 is 17.9 Å². The van der Waals surface area contributed by atoms with Gasteiger partial charge in [0, 0.05) is 31.9 Å². The van der Waals surface area contributed by atoms with Crippen LogP contribution in [-0.4, -0.2) is 55.0 Å². The highest BCUT2D eigenvalue weighted by Crippen LogP contribution is 2.10. The van der Waals surface area contributed by atoms with Crippen molar-refractivity contribution in [1.29, 1.82) is 0 Å². The third-order valence-electron chi connectivity index (χ3n) is 3.23. The van der Waals surface area contributed by atoms with Gasteiger partial charge >= 0.3 is 6.03 Å².